The highest BCUT2D eigenvalue weighted by molar-refractivity contribution is 6.33. The Morgan fingerprint density at radius 2 is 0.871 bits per heavy atom. The number of fused-ring (bicyclic) bond motifs is 13. The number of para-hydroxylation sites is 1. The zero-order chi connectivity index (χ0) is 41.1. The van der Waals surface area contributed by atoms with Crippen molar-refractivity contribution in [2.45, 2.75) is 19.3 Å². The predicted octanol–water partition coefficient (Wildman–Crippen LogP) is 14.9. The van der Waals surface area contributed by atoms with Crippen LogP contribution in [0.15, 0.2) is 194 Å². The molecule has 1 aliphatic rings. The molecule has 2 heterocycles. The highest BCUT2D eigenvalue weighted by Crippen LogP contribution is 2.51. The topological polar surface area (TPSA) is 43.6 Å². The van der Waals surface area contributed by atoms with Crippen molar-refractivity contribution in [1.29, 1.82) is 0 Å². The summed E-state index contributed by atoms with van der Waals surface area (Å²) >= 11 is 0. The molecular weight excluding hydrogens is 753 g/mol. The number of hydrogen-bond donors (Lipinski definition) is 0. The second-order valence-electron chi connectivity index (χ2n) is 17.2. The Balaban J connectivity index is 1.18. The second-order valence-corrected chi connectivity index (χ2v) is 17.2. The Labute approximate surface area is 358 Å². The van der Waals surface area contributed by atoms with Crippen LogP contribution in [0.3, 0.4) is 0 Å². The minimum atomic E-state index is -0.0909. The second kappa shape index (κ2) is 13.0. The van der Waals surface area contributed by atoms with E-state index in [1.807, 2.05) is 0 Å². The fourth-order valence-electron chi connectivity index (χ4n) is 10.4. The molecule has 0 saturated heterocycles. The van der Waals surface area contributed by atoms with Crippen molar-refractivity contribution in [3.05, 3.63) is 205 Å². The van der Waals surface area contributed by atoms with Gasteiger partial charge >= 0.3 is 0 Å². The summed E-state index contributed by atoms with van der Waals surface area (Å²) in [4.78, 5) is 16.3. The van der Waals surface area contributed by atoms with Gasteiger partial charge in [-0.2, -0.15) is 9.97 Å². The summed E-state index contributed by atoms with van der Waals surface area (Å²) in [7, 11) is 0. The van der Waals surface area contributed by atoms with E-state index in [1.165, 1.54) is 54.6 Å². The highest BCUT2D eigenvalue weighted by atomic mass is 15.2. The average molecular weight is 791 g/mol. The van der Waals surface area contributed by atoms with E-state index in [2.05, 4.69) is 213 Å². The van der Waals surface area contributed by atoms with Crippen LogP contribution in [0, 0.1) is 0 Å². The van der Waals surface area contributed by atoms with Crippen molar-refractivity contribution < 1.29 is 0 Å². The molecule has 4 nitrogen and oxygen atoms in total. The lowest BCUT2D eigenvalue weighted by atomic mass is 9.82. The molecule has 62 heavy (non-hydrogen) atoms. The number of nitrogens with zero attached hydrogens (tertiary/aromatic N) is 4. The van der Waals surface area contributed by atoms with Crippen molar-refractivity contribution in [3.8, 4) is 51.0 Å². The highest BCUT2D eigenvalue weighted by Gasteiger charge is 2.35. The fourth-order valence-corrected chi connectivity index (χ4v) is 10.4. The summed E-state index contributed by atoms with van der Waals surface area (Å²) in [6.45, 7) is 4.68. The molecule has 13 rings (SSSR count). The van der Waals surface area contributed by atoms with Gasteiger partial charge in [0.2, 0.25) is 5.95 Å². The molecular formula is C58H38N4. The molecule has 0 spiro atoms. The lowest BCUT2D eigenvalue weighted by molar-refractivity contribution is 0.660. The van der Waals surface area contributed by atoms with Crippen LogP contribution in [0.5, 0.6) is 0 Å². The maximum Gasteiger partial charge on any atom is 0.238 e. The van der Waals surface area contributed by atoms with Crippen molar-refractivity contribution in [2.24, 2.45) is 0 Å². The van der Waals surface area contributed by atoms with Crippen LogP contribution in [-0.2, 0) is 5.41 Å². The SMILES string of the molecule is CC1(C)c2ccccc2-c2cc(-c3cccc4c5c6ccccc6c6ccccc6c5n(-c5nc(-c6ccc7ccccc7c6)nc(-c6ccc7ccccc7c6)n5)c34)ccc21. The van der Waals surface area contributed by atoms with Gasteiger partial charge in [0, 0.05) is 38.3 Å². The third kappa shape index (κ3) is 5.04. The summed E-state index contributed by atoms with van der Waals surface area (Å²) in [6, 6.07) is 70.2. The molecule has 1 aliphatic carbocycles. The first-order valence-corrected chi connectivity index (χ1v) is 21.4. The minimum absolute atomic E-state index is 0.0909. The van der Waals surface area contributed by atoms with E-state index < -0.39 is 0 Å². The van der Waals surface area contributed by atoms with Crippen molar-refractivity contribution in [1.82, 2.24) is 19.5 Å². The van der Waals surface area contributed by atoms with Gasteiger partial charge in [0.05, 0.1) is 11.0 Å². The average Bonchev–Trinajstić information content (AvgIpc) is 3.80. The Morgan fingerprint density at radius 3 is 1.56 bits per heavy atom. The smallest absolute Gasteiger partial charge is 0.238 e. The lowest BCUT2D eigenvalue weighted by Crippen LogP contribution is -2.14. The standard InChI is InChI=1S/C58H38N4/c1-58(2)50-25-12-11-20-45(50)49-34-39(30-31-51(49)58)42-23-13-24-48-52-46-21-9-7-18-43(46)44-19-8-10-22-47(44)54(52)62(53(42)48)57-60-55(40-28-26-35-14-3-5-16-37(35)32-40)59-56(61-57)41-29-27-36-15-4-6-17-38(36)33-41/h3-34H,1-2H3. The van der Waals surface area contributed by atoms with Gasteiger partial charge in [-0.15, -0.1) is 0 Å². The lowest BCUT2D eigenvalue weighted by Gasteiger charge is -2.21. The van der Waals surface area contributed by atoms with E-state index in [9.17, 15) is 0 Å². The summed E-state index contributed by atoms with van der Waals surface area (Å²) in [5.41, 5.74) is 11.5. The van der Waals surface area contributed by atoms with Crippen molar-refractivity contribution in [2.75, 3.05) is 0 Å². The van der Waals surface area contributed by atoms with E-state index >= 15 is 0 Å². The van der Waals surface area contributed by atoms with E-state index in [0.29, 0.717) is 17.6 Å². The Kier molecular flexibility index (Phi) is 7.32. The molecule has 0 aliphatic heterocycles. The van der Waals surface area contributed by atoms with Gasteiger partial charge in [-0.3, -0.25) is 4.57 Å². The van der Waals surface area contributed by atoms with Gasteiger partial charge in [-0.05, 0) is 83.7 Å². The van der Waals surface area contributed by atoms with Crippen molar-refractivity contribution >= 4 is 64.9 Å². The van der Waals surface area contributed by atoms with Crippen LogP contribution in [0.25, 0.3) is 116 Å². The molecule has 2 aromatic heterocycles. The third-order valence-corrected chi connectivity index (χ3v) is 13.4. The van der Waals surface area contributed by atoms with E-state index in [0.717, 1.165) is 54.8 Å². The molecule has 10 aromatic carbocycles. The molecule has 12 aromatic rings. The molecule has 0 atom stereocenters. The number of benzene rings is 10. The van der Waals surface area contributed by atoms with E-state index in [4.69, 9.17) is 15.0 Å². The van der Waals surface area contributed by atoms with Gasteiger partial charge in [-0.1, -0.05) is 190 Å². The van der Waals surface area contributed by atoms with E-state index in [-0.39, 0.29) is 5.41 Å². The maximum absolute atomic E-state index is 5.51. The summed E-state index contributed by atoms with van der Waals surface area (Å²) < 4.78 is 2.34. The molecule has 4 heteroatoms. The molecule has 0 radical (unpaired) electrons. The summed E-state index contributed by atoms with van der Waals surface area (Å²) in [5, 5.41) is 11.7. The van der Waals surface area contributed by atoms with E-state index in [1.54, 1.807) is 0 Å². The number of aromatic nitrogens is 4. The number of hydrogen-bond acceptors (Lipinski definition) is 3. The summed E-state index contributed by atoms with van der Waals surface area (Å²) in [6.07, 6.45) is 0. The largest absolute Gasteiger partial charge is 0.277 e. The van der Waals surface area contributed by atoms with Gasteiger partial charge in [0.25, 0.3) is 0 Å². The monoisotopic (exact) mass is 790 g/mol. The van der Waals surface area contributed by atoms with Crippen LogP contribution in [0.1, 0.15) is 25.0 Å². The quantitative estimate of drug-likeness (QED) is 0.167. The molecule has 0 saturated carbocycles. The van der Waals surface area contributed by atoms with Crippen LogP contribution >= 0.6 is 0 Å². The van der Waals surface area contributed by atoms with Gasteiger partial charge in [0.15, 0.2) is 11.6 Å². The minimum Gasteiger partial charge on any atom is -0.277 e. The van der Waals surface area contributed by atoms with Crippen LogP contribution in [-0.4, -0.2) is 19.5 Å². The molecule has 0 N–H and O–H groups in total. The fraction of sp³-hybridized carbons (Fsp3) is 0.0517. The maximum atomic E-state index is 5.51. The first kappa shape index (κ1) is 34.9. The zero-order valence-corrected chi connectivity index (χ0v) is 34.3. The van der Waals surface area contributed by atoms with Gasteiger partial charge in [-0.25, -0.2) is 4.98 Å². The normalized spacial score (nSPS) is 13.1. The Morgan fingerprint density at radius 1 is 0.355 bits per heavy atom. The number of rotatable bonds is 4. The first-order chi connectivity index (χ1) is 30.5. The summed E-state index contributed by atoms with van der Waals surface area (Å²) in [5.74, 6) is 1.82. The van der Waals surface area contributed by atoms with Crippen LogP contribution in [0.2, 0.25) is 0 Å². The van der Waals surface area contributed by atoms with Gasteiger partial charge < -0.3 is 0 Å². The zero-order valence-electron chi connectivity index (χ0n) is 34.3. The first-order valence-electron chi connectivity index (χ1n) is 21.4. The molecule has 0 bridgehead atoms. The predicted molar refractivity (Wildman–Crippen MR) is 258 cm³/mol. The van der Waals surface area contributed by atoms with Crippen LogP contribution in [0.4, 0.5) is 0 Å². The molecule has 0 unspecified atom stereocenters. The van der Waals surface area contributed by atoms with Crippen LogP contribution < -0.4 is 0 Å². The molecule has 0 amide bonds. The molecule has 0 fully saturated rings. The Hall–Kier alpha value is -7.95. The Bertz CT molecular complexity index is 3760. The third-order valence-electron chi connectivity index (χ3n) is 13.4. The van der Waals surface area contributed by atoms with Gasteiger partial charge in [0.1, 0.15) is 0 Å². The van der Waals surface area contributed by atoms with Crippen molar-refractivity contribution in [3.63, 3.8) is 0 Å². The molecule has 290 valence electrons.